The van der Waals surface area contributed by atoms with E-state index in [2.05, 4.69) is 6.58 Å². The predicted molar refractivity (Wildman–Crippen MR) is 44.0 cm³/mol. The molecule has 0 spiro atoms. The highest BCUT2D eigenvalue weighted by Crippen LogP contribution is 2.18. The molecule has 2 nitrogen and oxygen atoms in total. The fraction of sp³-hybridized carbons (Fsp3) is 0.556. The molecular weight excluding hydrogens is 140 g/mol. The molecule has 1 N–H and O–H groups in total. The zero-order chi connectivity index (χ0) is 8.10. The molecular formula is C9H14O2. The molecule has 0 aromatic carbocycles. The number of hydrogen-bond acceptors (Lipinski definition) is 2. The van der Waals surface area contributed by atoms with Gasteiger partial charge in [-0.1, -0.05) is 6.08 Å². The van der Waals surface area contributed by atoms with Crippen molar-refractivity contribution >= 4 is 0 Å². The van der Waals surface area contributed by atoms with E-state index in [4.69, 9.17) is 9.84 Å². The third-order valence-electron chi connectivity index (χ3n) is 1.96. The summed E-state index contributed by atoms with van der Waals surface area (Å²) in [5, 5.41) is 8.90. The van der Waals surface area contributed by atoms with E-state index < -0.39 is 0 Å². The van der Waals surface area contributed by atoms with Crippen molar-refractivity contribution in [1.29, 1.82) is 0 Å². The van der Waals surface area contributed by atoms with Crippen LogP contribution in [0.15, 0.2) is 25.0 Å². The molecule has 0 aromatic heterocycles. The van der Waals surface area contributed by atoms with Crippen LogP contribution in [0.3, 0.4) is 0 Å². The summed E-state index contributed by atoms with van der Waals surface area (Å²) < 4.78 is 5.31. The van der Waals surface area contributed by atoms with Gasteiger partial charge >= 0.3 is 0 Å². The SMILES string of the molecule is C=C[C@H](CO)[C@@H]1CCC=CO1. The molecule has 1 rings (SSSR count). The van der Waals surface area contributed by atoms with Crippen LogP contribution in [0, 0.1) is 5.92 Å². The molecule has 1 aliphatic heterocycles. The van der Waals surface area contributed by atoms with E-state index in [1.807, 2.05) is 6.08 Å². The van der Waals surface area contributed by atoms with Gasteiger partial charge in [0.15, 0.2) is 0 Å². The smallest absolute Gasteiger partial charge is 0.106 e. The van der Waals surface area contributed by atoms with Gasteiger partial charge in [0.1, 0.15) is 6.10 Å². The maximum absolute atomic E-state index is 8.90. The highest BCUT2D eigenvalue weighted by Gasteiger charge is 2.19. The zero-order valence-corrected chi connectivity index (χ0v) is 6.57. The van der Waals surface area contributed by atoms with E-state index in [0.29, 0.717) is 0 Å². The Morgan fingerprint density at radius 3 is 3.09 bits per heavy atom. The van der Waals surface area contributed by atoms with Gasteiger partial charge in [0, 0.05) is 5.92 Å². The summed E-state index contributed by atoms with van der Waals surface area (Å²) in [6.45, 7) is 3.77. The first kappa shape index (κ1) is 8.34. The second-order valence-electron chi connectivity index (χ2n) is 2.71. The molecule has 11 heavy (non-hydrogen) atoms. The summed E-state index contributed by atoms with van der Waals surface area (Å²) in [6.07, 6.45) is 7.60. The van der Waals surface area contributed by atoms with E-state index in [0.717, 1.165) is 12.8 Å². The lowest BCUT2D eigenvalue weighted by molar-refractivity contribution is 0.0599. The number of aliphatic hydroxyl groups excluding tert-OH is 1. The second kappa shape index (κ2) is 4.19. The molecule has 0 saturated carbocycles. The van der Waals surface area contributed by atoms with Gasteiger partial charge in [0.25, 0.3) is 0 Å². The minimum Gasteiger partial charge on any atom is -0.498 e. The Morgan fingerprint density at radius 2 is 2.64 bits per heavy atom. The summed E-state index contributed by atoms with van der Waals surface area (Å²) in [4.78, 5) is 0. The lowest BCUT2D eigenvalue weighted by atomic mass is 9.98. The lowest BCUT2D eigenvalue weighted by Gasteiger charge is -2.24. The van der Waals surface area contributed by atoms with Gasteiger partial charge in [-0.2, -0.15) is 0 Å². The lowest BCUT2D eigenvalue weighted by Crippen LogP contribution is -2.25. The summed E-state index contributed by atoms with van der Waals surface area (Å²) in [5.41, 5.74) is 0. The number of rotatable bonds is 3. The quantitative estimate of drug-likeness (QED) is 0.624. The molecule has 0 aromatic rings. The molecule has 2 atom stereocenters. The molecule has 1 aliphatic rings. The van der Waals surface area contributed by atoms with Gasteiger partial charge in [-0.25, -0.2) is 0 Å². The monoisotopic (exact) mass is 154 g/mol. The summed E-state index contributed by atoms with van der Waals surface area (Å²) >= 11 is 0. The van der Waals surface area contributed by atoms with E-state index >= 15 is 0 Å². The van der Waals surface area contributed by atoms with Crippen LogP contribution < -0.4 is 0 Å². The molecule has 62 valence electrons. The first-order chi connectivity index (χ1) is 5.38. The van der Waals surface area contributed by atoms with Crippen LogP contribution in [0.25, 0.3) is 0 Å². The van der Waals surface area contributed by atoms with Crippen LogP contribution >= 0.6 is 0 Å². The van der Waals surface area contributed by atoms with Gasteiger partial charge in [0.2, 0.25) is 0 Å². The zero-order valence-electron chi connectivity index (χ0n) is 6.57. The van der Waals surface area contributed by atoms with Gasteiger partial charge in [-0.05, 0) is 18.9 Å². The Kier molecular flexibility index (Phi) is 3.17. The van der Waals surface area contributed by atoms with Crippen LogP contribution in [0.1, 0.15) is 12.8 Å². The number of hydrogen-bond donors (Lipinski definition) is 1. The normalized spacial score (nSPS) is 25.7. The van der Waals surface area contributed by atoms with Gasteiger partial charge in [-0.15, -0.1) is 6.58 Å². The standard InChI is InChI=1S/C9H14O2/c1-2-8(7-10)9-5-3-4-6-11-9/h2,4,6,8-10H,1,3,5,7H2/t8-,9+/m1/s1. The van der Waals surface area contributed by atoms with Crippen molar-refractivity contribution in [2.24, 2.45) is 5.92 Å². The molecule has 0 radical (unpaired) electrons. The maximum atomic E-state index is 8.90. The van der Waals surface area contributed by atoms with E-state index in [9.17, 15) is 0 Å². The predicted octanol–water partition coefficient (Wildman–Crippen LogP) is 1.47. The van der Waals surface area contributed by atoms with Crippen molar-refractivity contribution in [3.63, 3.8) is 0 Å². The van der Waals surface area contributed by atoms with Gasteiger partial charge in [0.05, 0.1) is 12.9 Å². The van der Waals surface area contributed by atoms with Gasteiger partial charge in [-0.3, -0.25) is 0 Å². The summed E-state index contributed by atoms with van der Waals surface area (Å²) in [6, 6.07) is 0. The Balaban J connectivity index is 2.44. The highest BCUT2D eigenvalue weighted by atomic mass is 16.5. The second-order valence-corrected chi connectivity index (χ2v) is 2.71. The van der Waals surface area contributed by atoms with Crippen LogP contribution in [0.4, 0.5) is 0 Å². The van der Waals surface area contributed by atoms with Crippen LogP contribution in [-0.2, 0) is 4.74 Å². The Morgan fingerprint density at radius 1 is 1.82 bits per heavy atom. The van der Waals surface area contributed by atoms with Crippen molar-refractivity contribution in [2.45, 2.75) is 18.9 Å². The van der Waals surface area contributed by atoms with Crippen LogP contribution in [0.2, 0.25) is 0 Å². The minimum atomic E-state index is 0.0833. The Hall–Kier alpha value is -0.760. The molecule has 1 heterocycles. The van der Waals surface area contributed by atoms with E-state index in [-0.39, 0.29) is 18.6 Å². The molecule has 0 saturated heterocycles. The number of ether oxygens (including phenoxy) is 1. The van der Waals surface area contributed by atoms with Crippen molar-refractivity contribution in [3.05, 3.63) is 25.0 Å². The third-order valence-corrected chi connectivity index (χ3v) is 1.96. The van der Waals surface area contributed by atoms with Crippen LogP contribution in [-0.4, -0.2) is 17.8 Å². The average molecular weight is 154 g/mol. The minimum absolute atomic E-state index is 0.0833. The average Bonchev–Trinajstić information content (AvgIpc) is 2.09. The first-order valence-corrected chi connectivity index (χ1v) is 3.92. The Labute approximate surface area is 67.2 Å². The van der Waals surface area contributed by atoms with E-state index in [1.54, 1.807) is 12.3 Å². The van der Waals surface area contributed by atoms with Crippen molar-refractivity contribution in [1.82, 2.24) is 0 Å². The highest BCUT2D eigenvalue weighted by molar-refractivity contribution is 4.91. The molecule has 0 fully saturated rings. The largest absolute Gasteiger partial charge is 0.498 e. The third kappa shape index (κ3) is 2.09. The molecule has 0 unspecified atom stereocenters. The Bertz CT molecular complexity index is 152. The molecule has 0 amide bonds. The number of aliphatic hydroxyl groups is 1. The summed E-state index contributed by atoms with van der Waals surface area (Å²) in [7, 11) is 0. The van der Waals surface area contributed by atoms with Crippen molar-refractivity contribution in [3.8, 4) is 0 Å². The maximum Gasteiger partial charge on any atom is 0.106 e. The number of allylic oxidation sites excluding steroid dienone is 1. The van der Waals surface area contributed by atoms with Gasteiger partial charge < -0.3 is 9.84 Å². The van der Waals surface area contributed by atoms with E-state index in [1.165, 1.54) is 0 Å². The fourth-order valence-electron chi connectivity index (χ4n) is 1.21. The summed E-state index contributed by atoms with van der Waals surface area (Å²) in [5.74, 6) is 0.0833. The fourth-order valence-corrected chi connectivity index (χ4v) is 1.21. The molecule has 2 heteroatoms. The molecule has 0 bridgehead atoms. The first-order valence-electron chi connectivity index (χ1n) is 3.92. The topological polar surface area (TPSA) is 29.5 Å². The van der Waals surface area contributed by atoms with Crippen molar-refractivity contribution < 1.29 is 9.84 Å². The molecule has 0 aliphatic carbocycles. The van der Waals surface area contributed by atoms with Crippen LogP contribution in [0.5, 0.6) is 0 Å². The van der Waals surface area contributed by atoms with Crippen molar-refractivity contribution in [2.75, 3.05) is 6.61 Å².